The molecule has 1 saturated carbocycles. The highest BCUT2D eigenvalue weighted by Crippen LogP contribution is 2.65. The van der Waals surface area contributed by atoms with Gasteiger partial charge in [0.15, 0.2) is 5.60 Å². The number of esters is 1. The molecule has 5 heteroatoms. The third-order valence-corrected chi connectivity index (χ3v) is 5.24. The van der Waals surface area contributed by atoms with E-state index in [1.54, 1.807) is 7.11 Å². The maximum Gasteiger partial charge on any atom is 0.313 e. The number of nitrogens with one attached hydrogen (secondary N) is 1. The molecule has 2 bridgehead atoms. The van der Waals surface area contributed by atoms with E-state index < -0.39 is 16.4 Å². The van der Waals surface area contributed by atoms with E-state index in [1.807, 2.05) is 27.7 Å². The maximum absolute atomic E-state index is 12.6. The summed E-state index contributed by atoms with van der Waals surface area (Å²) in [6.07, 6.45) is 1.29. The molecule has 1 aliphatic carbocycles. The molecule has 1 amide bonds. The first kappa shape index (κ1) is 14.3. The fraction of sp³-hybridized carbons (Fsp3) is 0.857. The Balaban J connectivity index is 2.24. The summed E-state index contributed by atoms with van der Waals surface area (Å²) < 4.78 is 10.5. The van der Waals surface area contributed by atoms with Gasteiger partial charge >= 0.3 is 5.97 Å². The van der Waals surface area contributed by atoms with E-state index in [-0.39, 0.29) is 17.9 Å². The summed E-state index contributed by atoms with van der Waals surface area (Å²) in [5.41, 5.74) is -2.08. The maximum atomic E-state index is 12.6. The van der Waals surface area contributed by atoms with Gasteiger partial charge in [0.2, 0.25) is 0 Å². The average Bonchev–Trinajstić information content (AvgIpc) is 2.59. The van der Waals surface area contributed by atoms with Crippen molar-refractivity contribution in [2.75, 3.05) is 13.7 Å². The van der Waals surface area contributed by atoms with Crippen molar-refractivity contribution in [3.63, 3.8) is 0 Å². The molecule has 3 atom stereocenters. The second-order valence-electron chi connectivity index (χ2n) is 6.50. The predicted molar refractivity (Wildman–Crippen MR) is 69.4 cm³/mol. The van der Waals surface area contributed by atoms with Crippen molar-refractivity contribution in [2.24, 2.45) is 10.8 Å². The molecule has 2 aliphatic rings. The zero-order chi connectivity index (χ0) is 14.5. The molecule has 0 unspecified atom stereocenters. The van der Waals surface area contributed by atoms with Gasteiger partial charge in [0.25, 0.3) is 5.91 Å². The standard InChI is InChI=1S/C14H23NO4/c1-9(8-18-5)15-10(16)14-7-6-13(4,11(17)19-14)12(14,2)3/h9H,6-8H2,1-5H3,(H,15,16)/t9-,13+,14+/m1/s1. The first-order valence-electron chi connectivity index (χ1n) is 6.74. The summed E-state index contributed by atoms with van der Waals surface area (Å²) in [7, 11) is 1.59. The molecule has 1 N–H and O–H groups in total. The number of amides is 1. The Kier molecular flexibility index (Phi) is 3.16. The molecular weight excluding hydrogens is 246 g/mol. The smallest absolute Gasteiger partial charge is 0.313 e. The van der Waals surface area contributed by atoms with E-state index in [1.165, 1.54) is 0 Å². The van der Waals surface area contributed by atoms with Gasteiger partial charge in [-0.3, -0.25) is 9.59 Å². The van der Waals surface area contributed by atoms with Crippen LogP contribution in [0.1, 0.15) is 40.5 Å². The lowest BCUT2D eigenvalue weighted by molar-refractivity contribution is -0.168. The van der Waals surface area contributed by atoms with E-state index in [9.17, 15) is 9.59 Å². The van der Waals surface area contributed by atoms with Gasteiger partial charge in [-0.15, -0.1) is 0 Å². The number of ether oxygens (including phenoxy) is 2. The number of fused-ring (bicyclic) bond motifs is 2. The summed E-state index contributed by atoms with van der Waals surface area (Å²) in [6.45, 7) is 8.11. The van der Waals surface area contributed by atoms with Gasteiger partial charge in [-0.05, 0) is 26.7 Å². The van der Waals surface area contributed by atoms with Crippen molar-refractivity contribution in [2.45, 2.75) is 52.2 Å². The Morgan fingerprint density at radius 3 is 2.47 bits per heavy atom. The molecule has 0 radical (unpaired) electrons. The van der Waals surface area contributed by atoms with Gasteiger partial charge in [0.05, 0.1) is 12.0 Å². The summed E-state index contributed by atoms with van der Waals surface area (Å²) in [5, 5.41) is 2.89. The molecule has 0 spiro atoms. The zero-order valence-electron chi connectivity index (χ0n) is 12.3. The molecule has 0 aromatic carbocycles. The van der Waals surface area contributed by atoms with Gasteiger partial charge in [0.1, 0.15) is 0 Å². The molecule has 1 aliphatic heterocycles. The third kappa shape index (κ3) is 1.64. The van der Waals surface area contributed by atoms with Crippen LogP contribution in [-0.2, 0) is 19.1 Å². The van der Waals surface area contributed by atoms with E-state index in [2.05, 4.69) is 5.32 Å². The van der Waals surface area contributed by atoms with Crippen LogP contribution in [0.15, 0.2) is 0 Å². The number of carbonyl (C=O) groups is 2. The number of methoxy groups -OCH3 is 1. The van der Waals surface area contributed by atoms with Crippen LogP contribution in [0.4, 0.5) is 0 Å². The summed E-state index contributed by atoms with van der Waals surface area (Å²) in [6, 6.07) is -0.103. The van der Waals surface area contributed by atoms with Crippen molar-refractivity contribution >= 4 is 11.9 Å². The van der Waals surface area contributed by atoms with Crippen molar-refractivity contribution in [1.82, 2.24) is 5.32 Å². The van der Waals surface area contributed by atoms with Crippen molar-refractivity contribution < 1.29 is 19.1 Å². The number of hydrogen-bond donors (Lipinski definition) is 1. The molecule has 5 nitrogen and oxygen atoms in total. The number of rotatable bonds is 4. The van der Waals surface area contributed by atoms with E-state index in [4.69, 9.17) is 9.47 Å². The first-order chi connectivity index (χ1) is 8.71. The third-order valence-electron chi connectivity index (χ3n) is 5.24. The molecule has 108 valence electrons. The van der Waals surface area contributed by atoms with E-state index in [0.29, 0.717) is 19.4 Å². The van der Waals surface area contributed by atoms with Crippen LogP contribution < -0.4 is 5.32 Å². The lowest BCUT2D eigenvalue weighted by Crippen LogP contribution is -2.55. The normalized spacial score (nSPS) is 37.0. The minimum Gasteiger partial charge on any atom is -0.448 e. The second kappa shape index (κ2) is 4.20. The van der Waals surface area contributed by atoms with Gasteiger partial charge in [0, 0.05) is 18.6 Å². The lowest BCUT2D eigenvalue weighted by Gasteiger charge is -2.36. The Hall–Kier alpha value is -1.10. The molecule has 2 rings (SSSR count). The summed E-state index contributed by atoms with van der Waals surface area (Å²) in [4.78, 5) is 24.6. The largest absolute Gasteiger partial charge is 0.448 e. The monoisotopic (exact) mass is 269 g/mol. The zero-order valence-corrected chi connectivity index (χ0v) is 12.3. The topological polar surface area (TPSA) is 64.6 Å². The summed E-state index contributed by atoms with van der Waals surface area (Å²) in [5.74, 6) is -0.449. The highest BCUT2D eigenvalue weighted by molar-refractivity contribution is 5.96. The highest BCUT2D eigenvalue weighted by Gasteiger charge is 2.75. The Morgan fingerprint density at radius 2 is 2.05 bits per heavy atom. The van der Waals surface area contributed by atoms with Crippen LogP contribution in [0.2, 0.25) is 0 Å². The van der Waals surface area contributed by atoms with Gasteiger partial charge in [-0.1, -0.05) is 13.8 Å². The Morgan fingerprint density at radius 1 is 1.42 bits per heavy atom. The Labute approximate surface area is 114 Å². The van der Waals surface area contributed by atoms with Gasteiger partial charge in [-0.2, -0.15) is 0 Å². The molecule has 2 fully saturated rings. The van der Waals surface area contributed by atoms with Crippen LogP contribution in [0.5, 0.6) is 0 Å². The Bertz CT molecular complexity index is 420. The molecule has 1 heterocycles. The average molecular weight is 269 g/mol. The van der Waals surface area contributed by atoms with Gasteiger partial charge < -0.3 is 14.8 Å². The van der Waals surface area contributed by atoms with Crippen LogP contribution in [0, 0.1) is 10.8 Å². The van der Waals surface area contributed by atoms with Crippen molar-refractivity contribution in [3.05, 3.63) is 0 Å². The summed E-state index contributed by atoms with van der Waals surface area (Å²) >= 11 is 0. The fourth-order valence-corrected chi connectivity index (χ4v) is 3.38. The highest BCUT2D eigenvalue weighted by atomic mass is 16.6. The number of hydrogen-bond acceptors (Lipinski definition) is 4. The molecule has 1 saturated heterocycles. The lowest BCUT2D eigenvalue weighted by atomic mass is 9.66. The predicted octanol–water partition coefficient (Wildman–Crippen LogP) is 1.26. The van der Waals surface area contributed by atoms with Crippen LogP contribution in [0.3, 0.4) is 0 Å². The minimum atomic E-state index is -1.03. The molecular formula is C14H23NO4. The second-order valence-corrected chi connectivity index (χ2v) is 6.50. The molecule has 0 aromatic heterocycles. The SMILES string of the molecule is COC[C@@H](C)NC(=O)[C@]12CC[C@@](C)(C(=O)O1)C2(C)C. The van der Waals surface area contributed by atoms with E-state index >= 15 is 0 Å². The minimum absolute atomic E-state index is 0.103. The van der Waals surface area contributed by atoms with Crippen LogP contribution in [0.25, 0.3) is 0 Å². The molecule has 19 heavy (non-hydrogen) atoms. The van der Waals surface area contributed by atoms with Crippen LogP contribution in [-0.4, -0.2) is 37.2 Å². The fourth-order valence-electron chi connectivity index (χ4n) is 3.38. The first-order valence-corrected chi connectivity index (χ1v) is 6.74. The van der Waals surface area contributed by atoms with Crippen molar-refractivity contribution in [1.29, 1.82) is 0 Å². The number of carbonyl (C=O) groups excluding carboxylic acids is 2. The van der Waals surface area contributed by atoms with Crippen molar-refractivity contribution in [3.8, 4) is 0 Å². The van der Waals surface area contributed by atoms with E-state index in [0.717, 1.165) is 0 Å². The quantitative estimate of drug-likeness (QED) is 0.780. The van der Waals surface area contributed by atoms with Crippen LogP contribution >= 0.6 is 0 Å². The van der Waals surface area contributed by atoms with Gasteiger partial charge in [-0.25, -0.2) is 0 Å². The molecule has 0 aromatic rings.